The van der Waals surface area contributed by atoms with Crippen LogP contribution < -0.4 is 14.9 Å². The van der Waals surface area contributed by atoms with E-state index in [1.807, 2.05) is 19.9 Å². The van der Waals surface area contributed by atoms with Gasteiger partial charge in [0.1, 0.15) is 29.0 Å². The molecule has 0 spiro atoms. The lowest BCUT2D eigenvalue weighted by Crippen LogP contribution is -2.27. The zero-order chi connectivity index (χ0) is 21.2. The van der Waals surface area contributed by atoms with Crippen molar-refractivity contribution in [1.29, 1.82) is 5.26 Å². The summed E-state index contributed by atoms with van der Waals surface area (Å²) in [5.41, 5.74) is 0.610. The number of aromatic nitrogens is 1. The summed E-state index contributed by atoms with van der Waals surface area (Å²) in [5, 5.41) is 19.1. The first-order valence-corrected chi connectivity index (χ1v) is 8.62. The minimum Gasteiger partial charge on any atom is -0.474 e. The van der Waals surface area contributed by atoms with Crippen molar-refractivity contribution >= 4 is 24.2 Å². The molecular formula is C18H18BClN2O5. The van der Waals surface area contributed by atoms with Gasteiger partial charge in [0, 0.05) is 0 Å². The number of hydrogen-bond donors (Lipinski definition) is 1. The van der Waals surface area contributed by atoms with E-state index in [4.69, 9.17) is 33.2 Å². The van der Waals surface area contributed by atoms with Gasteiger partial charge in [-0.2, -0.15) is 10.2 Å². The van der Waals surface area contributed by atoms with Crippen LogP contribution in [0.15, 0.2) is 24.3 Å². The van der Waals surface area contributed by atoms with Crippen molar-refractivity contribution in [2.75, 3.05) is 13.2 Å². The Morgan fingerprint density at radius 2 is 2.22 bits per heavy atom. The molecule has 1 aromatic carbocycles. The van der Waals surface area contributed by atoms with Gasteiger partial charge in [-0.15, -0.1) is 0 Å². The van der Waals surface area contributed by atoms with Crippen molar-refractivity contribution < 1.29 is 26.6 Å². The zero-order valence-corrected chi connectivity index (χ0v) is 15.5. The molecule has 0 amide bonds. The van der Waals surface area contributed by atoms with E-state index in [0.29, 0.717) is 12.1 Å². The molecule has 2 aromatic rings. The van der Waals surface area contributed by atoms with E-state index in [1.165, 1.54) is 24.3 Å². The Morgan fingerprint density at radius 3 is 2.96 bits per heavy atom. The van der Waals surface area contributed by atoms with Crippen molar-refractivity contribution in [2.45, 2.75) is 26.5 Å². The van der Waals surface area contributed by atoms with E-state index in [1.54, 1.807) is 0 Å². The van der Waals surface area contributed by atoms with Gasteiger partial charge in [-0.3, -0.25) is 0 Å². The Bertz CT molecular complexity index is 955. The van der Waals surface area contributed by atoms with Gasteiger partial charge in [0.25, 0.3) is 0 Å². The Morgan fingerprint density at radius 1 is 1.41 bits per heavy atom. The van der Waals surface area contributed by atoms with Gasteiger partial charge in [-0.1, -0.05) is 17.7 Å². The SMILES string of the molecule is [2H]C1([2H])OB(O)c2ccc(Oc3nc(OCCOC(C)C)c(C#N)cc3Cl)cc21. The highest BCUT2D eigenvalue weighted by atomic mass is 35.5. The Balaban J connectivity index is 1.82. The quantitative estimate of drug-likeness (QED) is 0.573. The predicted molar refractivity (Wildman–Crippen MR) is 99.5 cm³/mol. The van der Waals surface area contributed by atoms with Crippen molar-refractivity contribution in [1.82, 2.24) is 4.98 Å². The zero-order valence-electron chi connectivity index (χ0n) is 16.7. The largest absolute Gasteiger partial charge is 0.491 e. The summed E-state index contributed by atoms with van der Waals surface area (Å²) in [7, 11) is -1.35. The number of ether oxygens (including phenoxy) is 3. The fourth-order valence-corrected chi connectivity index (χ4v) is 2.53. The second-order valence-electron chi connectivity index (χ2n) is 5.93. The molecule has 0 aliphatic carbocycles. The second kappa shape index (κ2) is 8.59. The molecule has 2 heterocycles. The molecule has 1 aliphatic rings. The Kier molecular flexibility index (Phi) is 5.36. The Hall–Kier alpha value is -2.31. The minimum atomic E-state index is -2.15. The van der Waals surface area contributed by atoms with E-state index in [2.05, 4.69) is 4.98 Å². The van der Waals surface area contributed by atoms with E-state index in [0.717, 1.165) is 0 Å². The molecule has 9 heteroatoms. The Labute approximate surface area is 165 Å². The summed E-state index contributed by atoms with van der Waals surface area (Å²) in [6.45, 7) is 2.16. The van der Waals surface area contributed by atoms with Crippen LogP contribution in [0.4, 0.5) is 0 Å². The molecule has 1 aliphatic heterocycles. The summed E-state index contributed by atoms with van der Waals surface area (Å²) in [6, 6.07) is 7.77. The van der Waals surface area contributed by atoms with Crippen LogP contribution in [0.1, 0.15) is 27.7 Å². The van der Waals surface area contributed by atoms with Gasteiger partial charge < -0.3 is 23.9 Å². The maximum Gasteiger partial charge on any atom is 0.491 e. The van der Waals surface area contributed by atoms with Crippen molar-refractivity contribution in [3.8, 4) is 23.6 Å². The molecule has 0 atom stereocenters. The normalized spacial score (nSPS) is 15.8. The first-order chi connectivity index (χ1) is 13.7. The number of rotatable bonds is 7. The second-order valence-corrected chi connectivity index (χ2v) is 6.34. The summed E-state index contributed by atoms with van der Waals surface area (Å²) >= 11 is 6.17. The van der Waals surface area contributed by atoms with Gasteiger partial charge >= 0.3 is 7.12 Å². The monoisotopic (exact) mass is 390 g/mol. The maximum absolute atomic E-state index is 9.78. The number of nitrogens with zero attached hydrogens (tertiary/aromatic N) is 2. The lowest BCUT2D eigenvalue weighted by molar-refractivity contribution is 0.0541. The molecule has 7 nitrogen and oxygen atoms in total. The molecule has 140 valence electrons. The number of nitriles is 1. The van der Waals surface area contributed by atoms with Crippen molar-refractivity contribution in [3.63, 3.8) is 0 Å². The number of benzene rings is 1. The molecule has 0 fully saturated rings. The first kappa shape index (κ1) is 16.8. The third-order valence-corrected chi connectivity index (χ3v) is 3.86. The molecule has 0 bridgehead atoms. The van der Waals surface area contributed by atoms with Crippen molar-refractivity contribution in [2.24, 2.45) is 0 Å². The van der Waals surface area contributed by atoms with Crippen LogP contribution in [0, 0.1) is 11.3 Å². The van der Waals surface area contributed by atoms with Crippen LogP contribution in [0.3, 0.4) is 0 Å². The van der Waals surface area contributed by atoms with E-state index in [-0.39, 0.29) is 46.4 Å². The highest BCUT2D eigenvalue weighted by Gasteiger charge is 2.27. The van der Waals surface area contributed by atoms with Crippen LogP contribution in [-0.4, -0.2) is 36.4 Å². The average Bonchev–Trinajstić information content (AvgIpc) is 2.89. The maximum atomic E-state index is 9.78. The van der Waals surface area contributed by atoms with E-state index in [9.17, 15) is 10.3 Å². The molecule has 1 aromatic heterocycles. The average molecular weight is 391 g/mol. The molecule has 0 radical (unpaired) electrons. The third kappa shape index (κ3) is 4.70. The predicted octanol–water partition coefficient (Wildman–Crippen LogP) is 2.42. The molecule has 3 rings (SSSR count). The first-order valence-electron chi connectivity index (χ1n) is 9.24. The number of pyridine rings is 1. The number of halogens is 1. The topological polar surface area (TPSA) is 93.8 Å². The van der Waals surface area contributed by atoms with Gasteiger partial charge in [0.05, 0.1) is 22.0 Å². The van der Waals surface area contributed by atoms with Crippen molar-refractivity contribution in [3.05, 3.63) is 40.4 Å². The third-order valence-electron chi connectivity index (χ3n) is 3.59. The molecule has 1 N–H and O–H groups in total. The minimum absolute atomic E-state index is 0.00887. The molecule has 0 saturated heterocycles. The lowest BCUT2D eigenvalue weighted by Gasteiger charge is -2.12. The van der Waals surface area contributed by atoms with Gasteiger partial charge in [0.15, 0.2) is 0 Å². The van der Waals surface area contributed by atoms with Crippen LogP contribution in [0.5, 0.6) is 17.5 Å². The highest BCUT2D eigenvalue weighted by molar-refractivity contribution is 6.61. The standard InChI is InChI=1S/C18H18BClN2O5/c1-11(2)24-5-6-25-17-12(9-21)8-16(20)18(22-17)27-14-3-4-15-13(7-14)10-26-19(15)23/h3-4,7-8,11,23H,5-6,10H2,1-2H3/i10D2. The molecule has 27 heavy (non-hydrogen) atoms. The van der Waals surface area contributed by atoms with Gasteiger partial charge in [-0.05, 0) is 43.1 Å². The lowest BCUT2D eigenvalue weighted by atomic mass is 9.80. The molecule has 0 saturated carbocycles. The summed E-state index contributed by atoms with van der Waals surface area (Å²) in [6.07, 6.45) is 0.0506. The molecular weight excluding hydrogens is 370 g/mol. The highest BCUT2D eigenvalue weighted by Crippen LogP contribution is 2.32. The van der Waals surface area contributed by atoms with E-state index >= 15 is 0 Å². The fourth-order valence-electron chi connectivity index (χ4n) is 2.34. The van der Waals surface area contributed by atoms with Crippen LogP contribution in [0.2, 0.25) is 5.02 Å². The summed E-state index contributed by atoms with van der Waals surface area (Å²) in [4.78, 5) is 4.17. The van der Waals surface area contributed by atoms with Gasteiger partial charge in [0.2, 0.25) is 11.8 Å². The number of hydrogen-bond acceptors (Lipinski definition) is 7. The fraction of sp³-hybridized carbons (Fsp3) is 0.333. The van der Waals surface area contributed by atoms with E-state index < -0.39 is 13.7 Å². The van der Waals surface area contributed by atoms with Crippen LogP contribution in [0.25, 0.3) is 0 Å². The summed E-state index contributed by atoms with van der Waals surface area (Å²) < 4.78 is 37.2. The number of fused-ring (bicyclic) bond motifs is 1. The van der Waals surface area contributed by atoms with Crippen LogP contribution in [-0.2, 0) is 16.0 Å². The smallest absolute Gasteiger partial charge is 0.474 e. The molecule has 0 unspecified atom stereocenters. The van der Waals surface area contributed by atoms with Gasteiger partial charge in [-0.25, -0.2) is 0 Å². The van der Waals surface area contributed by atoms with Crippen LogP contribution >= 0.6 is 11.6 Å². The summed E-state index contributed by atoms with van der Waals surface area (Å²) in [5.74, 6) is 0.276.